The normalized spacial score (nSPS) is 18.4. The van der Waals surface area contributed by atoms with Crippen molar-refractivity contribution in [3.63, 3.8) is 0 Å². The van der Waals surface area contributed by atoms with E-state index in [0.29, 0.717) is 12.1 Å². The van der Waals surface area contributed by atoms with Crippen molar-refractivity contribution >= 4 is 9.39 Å². The molecule has 1 aliphatic heterocycles. The molecule has 1 heterocycles. The quantitative estimate of drug-likeness (QED) is 0.635. The van der Waals surface area contributed by atoms with Gasteiger partial charge < -0.3 is 4.74 Å². The van der Waals surface area contributed by atoms with E-state index in [1.165, 1.54) is 5.56 Å². The highest BCUT2D eigenvalue weighted by molar-refractivity contribution is 7.13. The molecule has 0 radical (unpaired) electrons. The number of ether oxygens (including phenoxy) is 1. The Hall–Kier alpha value is -0.430. The standard InChI is InChI=1S/C7H8.C4H10NOP.C2H6/c1-7-5-3-2-4-6-7;1-3(5-7)4-2-6-4;1-2/h2-6H,1H3;3-5H,2,7H2,1H3;1-2H3/t;3-,4+;/m.0./s1. The Morgan fingerprint density at radius 1 is 1.31 bits per heavy atom. The molecular formula is C13H24NOP. The van der Waals surface area contributed by atoms with Crippen molar-refractivity contribution < 1.29 is 4.74 Å². The van der Waals surface area contributed by atoms with E-state index in [9.17, 15) is 0 Å². The fraction of sp³-hybridized carbons (Fsp3) is 0.538. The molecule has 1 saturated heterocycles. The number of aryl methyl sites for hydroxylation is 1. The Morgan fingerprint density at radius 3 is 2.00 bits per heavy atom. The molecule has 3 heteroatoms. The van der Waals surface area contributed by atoms with E-state index in [1.54, 1.807) is 0 Å². The fourth-order valence-corrected chi connectivity index (χ4v) is 1.20. The van der Waals surface area contributed by atoms with E-state index >= 15 is 0 Å². The van der Waals surface area contributed by atoms with Gasteiger partial charge in [0.25, 0.3) is 0 Å². The largest absolute Gasteiger partial charge is 0.371 e. The van der Waals surface area contributed by atoms with Crippen LogP contribution in [-0.4, -0.2) is 18.8 Å². The zero-order valence-corrected chi connectivity index (χ0v) is 11.9. The molecule has 0 bridgehead atoms. The summed E-state index contributed by atoms with van der Waals surface area (Å²) in [6, 6.07) is 10.8. The van der Waals surface area contributed by atoms with Gasteiger partial charge in [0.15, 0.2) is 0 Å². The monoisotopic (exact) mass is 241 g/mol. The number of epoxide rings is 1. The molecule has 1 aliphatic rings. The minimum absolute atomic E-state index is 0.484. The van der Waals surface area contributed by atoms with Gasteiger partial charge in [-0.3, -0.25) is 5.09 Å². The molecule has 1 fully saturated rings. The van der Waals surface area contributed by atoms with Crippen LogP contribution in [0.5, 0.6) is 0 Å². The number of rotatable bonds is 2. The highest BCUT2D eigenvalue weighted by Gasteiger charge is 2.27. The Kier molecular flexibility index (Phi) is 9.51. The molecule has 1 N–H and O–H groups in total. The molecule has 0 amide bonds. The number of hydrogen-bond acceptors (Lipinski definition) is 2. The molecule has 0 saturated carbocycles. The summed E-state index contributed by atoms with van der Waals surface area (Å²) >= 11 is 0. The molecule has 16 heavy (non-hydrogen) atoms. The van der Waals surface area contributed by atoms with Crippen LogP contribution in [0.2, 0.25) is 0 Å². The predicted octanol–water partition coefficient (Wildman–Crippen LogP) is 3.17. The van der Waals surface area contributed by atoms with Crippen LogP contribution in [0.4, 0.5) is 0 Å². The molecule has 0 aromatic heterocycles. The second kappa shape index (κ2) is 9.77. The van der Waals surface area contributed by atoms with Gasteiger partial charge in [-0.25, -0.2) is 0 Å². The van der Waals surface area contributed by atoms with E-state index in [4.69, 9.17) is 4.74 Å². The minimum Gasteiger partial charge on any atom is -0.371 e. The molecule has 3 atom stereocenters. The maximum Gasteiger partial charge on any atom is 0.0962 e. The number of hydrogen-bond donors (Lipinski definition) is 1. The van der Waals surface area contributed by atoms with Gasteiger partial charge in [-0.15, -0.1) is 0 Å². The molecule has 0 aliphatic carbocycles. The first-order chi connectivity index (χ1) is 7.74. The van der Waals surface area contributed by atoms with Gasteiger partial charge in [-0.2, -0.15) is 0 Å². The maximum absolute atomic E-state index is 4.99. The van der Waals surface area contributed by atoms with Gasteiger partial charge in [0, 0.05) is 6.04 Å². The lowest BCUT2D eigenvalue weighted by Crippen LogP contribution is -2.21. The third-order valence-corrected chi connectivity index (χ3v) is 2.65. The molecule has 1 unspecified atom stereocenters. The average molecular weight is 241 g/mol. The van der Waals surface area contributed by atoms with Gasteiger partial charge in [0.1, 0.15) is 0 Å². The zero-order valence-electron chi connectivity index (χ0n) is 10.7. The topological polar surface area (TPSA) is 24.6 Å². The molecule has 92 valence electrons. The third-order valence-electron chi connectivity index (χ3n) is 2.12. The van der Waals surface area contributed by atoms with Gasteiger partial charge in [-0.05, 0) is 13.8 Å². The van der Waals surface area contributed by atoms with Crippen molar-refractivity contribution in [1.29, 1.82) is 0 Å². The van der Waals surface area contributed by atoms with Crippen LogP contribution >= 0.6 is 9.39 Å². The Balaban J connectivity index is 0.000000244. The summed E-state index contributed by atoms with van der Waals surface area (Å²) in [5, 5.41) is 3.02. The smallest absolute Gasteiger partial charge is 0.0962 e. The van der Waals surface area contributed by atoms with Crippen LogP contribution in [0.15, 0.2) is 30.3 Å². The van der Waals surface area contributed by atoms with Crippen molar-refractivity contribution in [1.82, 2.24) is 5.09 Å². The summed E-state index contributed by atoms with van der Waals surface area (Å²) in [6.07, 6.45) is 0.484. The Bertz CT molecular complexity index is 249. The molecule has 2 nitrogen and oxygen atoms in total. The third kappa shape index (κ3) is 7.81. The first kappa shape index (κ1) is 15.6. The summed E-state index contributed by atoms with van der Waals surface area (Å²) in [6.45, 7) is 9.12. The van der Waals surface area contributed by atoms with E-state index in [2.05, 4.69) is 40.5 Å². The number of benzene rings is 1. The van der Waals surface area contributed by atoms with E-state index in [0.717, 1.165) is 6.61 Å². The van der Waals surface area contributed by atoms with Crippen LogP contribution in [0, 0.1) is 6.92 Å². The predicted molar refractivity (Wildman–Crippen MR) is 74.6 cm³/mol. The molecule has 2 rings (SSSR count). The Labute approximate surface area is 102 Å². The highest BCUT2D eigenvalue weighted by Crippen LogP contribution is 2.13. The lowest BCUT2D eigenvalue weighted by molar-refractivity contribution is 0.374. The van der Waals surface area contributed by atoms with Crippen molar-refractivity contribution in [2.75, 3.05) is 6.61 Å². The minimum atomic E-state index is 0.484. The molecule has 1 aromatic carbocycles. The first-order valence-corrected chi connectivity index (χ1v) is 6.41. The van der Waals surface area contributed by atoms with E-state index < -0.39 is 0 Å². The second-order valence-electron chi connectivity index (χ2n) is 3.48. The highest BCUT2D eigenvalue weighted by atomic mass is 31.0. The molecule has 1 aromatic rings. The molecule has 0 spiro atoms. The maximum atomic E-state index is 4.99. The van der Waals surface area contributed by atoms with E-state index in [1.807, 2.05) is 32.0 Å². The summed E-state index contributed by atoms with van der Waals surface area (Å²) in [7, 11) is 2.47. The van der Waals surface area contributed by atoms with Crippen LogP contribution in [-0.2, 0) is 4.74 Å². The lowest BCUT2D eigenvalue weighted by atomic mass is 10.2. The van der Waals surface area contributed by atoms with Crippen molar-refractivity contribution in [3.8, 4) is 0 Å². The van der Waals surface area contributed by atoms with Gasteiger partial charge in [-0.1, -0.05) is 59.1 Å². The number of nitrogens with one attached hydrogen (secondary N) is 1. The van der Waals surface area contributed by atoms with Gasteiger partial charge in [0.2, 0.25) is 0 Å². The summed E-state index contributed by atoms with van der Waals surface area (Å²) in [5.41, 5.74) is 1.32. The van der Waals surface area contributed by atoms with Crippen molar-refractivity contribution in [2.45, 2.75) is 39.8 Å². The lowest BCUT2D eigenvalue weighted by Gasteiger charge is -2.01. The molecular weight excluding hydrogens is 217 g/mol. The van der Waals surface area contributed by atoms with Gasteiger partial charge >= 0.3 is 0 Å². The van der Waals surface area contributed by atoms with Gasteiger partial charge in [0.05, 0.1) is 12.7 Å². The van der Waals surface area contributed by atoms with Crippen molar-refractivity contribution in [2.24, 2.45) is 0 Å². The zero-order chi connectivity index (χ0) is 12.4. The first-order valence-electron chi connectivity index (χ1n) is 5.83. The Morgan fingerprint density at radius 2 is 1.81 bits per heavy atom. The summed E-state index contributed by atoms with van der Waals surface area (Å²) in [4.78, 5) is 0. The van der Waals surface area contributed by atoms with Crippen LogP contribution in [0.3, 0.4) is 0 Å². The SMILES string of the molecule is CC.C[C@H](NP)[C@H]1CO1.Cc1ccccc1. The summed E-state index contributed by atoms with van der Waals surface area (Å²) in [5.74, 6) is 0. The van der Waals surface area contributed by atoms with E-state index in [-0.39, 0.29) is 0 Å². The average Bonchev–Trinajstić information content (AvgIpc) is 3.17. The summed E-state index contributed by atoms with van der Waals surface area (Å²) < 4.78 is 4.99. The van der Waals surface area contributed by atoms with Crippen molar-refractivity contribution in [3.05, 3.63) is 35.9 Å². The fourth-order valence-electron chi connectivity index (χ4n) is 0.986. The van der Waals surface area contributed by atoms with Crippen LogP contribution < -0.4 is 5.09 Å². The second-order valence-corrected chi connectivity index (χ2v) is 3.82. The van der Waals surface area contributed by atoms with Crippen LogP contribution in [0.1, 0.15) is 26.3 Å². The van der Waals surface area contributed by atoms with Crippen LogP contribution in [0.25, 0.3) is 0 Å².